The molecule has 1 atom stereocenters. The number of anilines is 1. The summed E-state index contributed by atoms with van der Waals surface area (Å²) >= 11 is 0. The molecule has 21 heteroatoms. The molecule has 3 aliphatic rings. The van der Waals surface area contributed by atoms with E-state index in [1.807, 2.05) is 59.8 Å². The van der Waals surface area contributed by atoms with Crippen molar-refractivity contribution < 1.29 is 72.2 Å². The minimum absolute atomic E-state index is 0.0345. The number of carbonyl (C=O) groups is 1. The van der Waals surface area contributed by atoms with Gasteiger partial charge in [-0.2, -0.15) is 25.3 Å². The van der Waals surface area contributed by atoms with Crippen molar-refractivity contribution in [2.24, 2.45) is 0 Å². The van der Waals surface area contributed by atoms with Gasteiger partial charge in [-0.15, -0.1) is 0 Å². The summed E-state index contributed by atoms with van der Waals surface area (Å²) < 4.78 is 129. The zero-order valence-electron chi connectivity index (χ0n) is 34.2. The van der Waals surface area contributed by atoms with Crippen molar-refractivity contribution in [2.45, 2.75) is 49.8 Å². The third kappa shape index (κ3) is 15.7. The normalized spacial score (nSPS) is 17.1. The van der Waals surface area contributed by atoms with Gasteiger partial charge in [0.2, 0.25) is 5.36 Å². The highest BCUT2D eigenvalue weighted by Gasteiger charge is 2.43. The van der Waals surface area contributed by atoms with Crippen LogP contribution in [0.25, 0.3) is 17.4 Å². The van der Waals surface area contributed by atoms with Crippen LogP contribution in [0, 0.1) is 0 Å². The van der Waals surface area contributed by atoms with Crippen LogP contribution in [0.1, 0.15) is 50.7 Å². The Hall–Kier alpha value is -4.03. The van der Waals surface area contributed by atoms with Gasteiger partial charge in [0.15, 0.2) is 0 Å². The van der Waals surface area contributed by atoms with Crippen LogP contribution in [-0.2, 0) is 59.5 Å². The number of fused-ring (bicyclic) bond motifs is 2. The Morgan fingerprint density at radius 3 is 2.05 bits per heavy atom. The van der Waals surface area contributed by atoms with Gasteiger partial charge in [0.1, 0.15) is 18.8 Å². The quantitative estimate of drug-likeness (QED) is 0.0484. The van der Waals surface area contributed by atoms with Crippen LogP contribution in [-0.4, -0.2) is 134 Å². The predicted octanol–water partition coefficient (Wildman–Crippen LogP) is 3.59. The minimum Gasteiger partial charge on any atom is -0.481 e. The molecule has 2 heterocycles. The average Bonchev–Trinajstić information content (AvgIpc) is 3.40. The van der Waals surface area contributed by atoms with Crippen molar-refractivity contribution >= 4 is 48.1 Å². The highest BCUT2D eigenvalue weighted by molar-refractivity contribution is 7.86. The van der Waals surface area contributed by atoms with E-state index in [1.54, 1.807) is 12.1 Å². The summed E-state index contributed by atoms with van der Waals surface area (Å²) in [5.41, 5.74) is 2.42. The average molecular weight is 916 g/mol. The number of nitrogens with zero attached hydrogens (tertiary/aromatic N) is 2. The van der Waals surface area contributed by atoms with E-state index in [9.17, 15) is 39.2 Å². The van der Waals surface area contributed by atoms with Crippen LogP contribution in [0.3, 0.4) is 0 Å². The first-order valence-corrected chi connectivity index (χ1v) is 24.3. The lowest BCUT2D eigenvalue weighted by Crippen LogP contribution is -2.31. The number of aliphatic carboxylic acids is 1. The lowest BCUT2D eigenvalue weighted by Gasteiger charge is -2.30. The Balaban J connectivity index is 1.56. The zero-order chi connectivity index (χ0) is 44.7. The minimum atomic E-state index is -4.60. The Morgan fingerprint density at radius 1 is 0.820 bits per heavy atom. The monoisotopic (exact) mass is 915 g/mol. The summed E-state index contributed by atoms with van der Waals surface area (Å²) in [6.45, 7) is 7.08. The predicted molar refractivity (Wildman–Crippen MR) is 226 cm³/mol. The van der Waals surface area contributed by atoms with Crippen molar-refractivity contribution in [1.82, 2.24) is 4.58 Å². The lowest BCUT2D eigenvalue weighted by atomic mass is 9.77. The molecule has 0 fully saturated rings. The van der Waals surface area contributed by atoms with Crippen molar-refractivity contribution in [3.8, 4) is 11.3 Å². The third-order valence-corrected chi connectivity index (χ3v) is 12.4. The van der Waals surface area contributed by atoms with E-state index in [0.29, 0.717) is 62.2 Å². The summed E-state index contributed by atoms with van der Waals surface area (Å²) in [6.07, 6.45) is 7.44. The Labute approximate surface area is 356 Å². The van der Waals surface area contributed by atoms with Gasteiger partial charge in [-0.1, -0.05) is 12.2 Å². The molecule has 18 nitrogen and oxygen atoms in total. The maximum atomic E-state index is 12.3. The molecule has 61 heavy (non-hydrogen) atoms. The zero-order valence-corrected chi connectivity index (χ0v) is 36.6. The van der Waals surface area contributed by atoms with E-state index >= 15 is 0 Å². The first-order chi connectivity index (χ1) is 28.8. The molecule has 338 valence electrons. The number of hydrogen-bond acceptors (Lipinski definition) is 13. The topological polar surface area (TPSA) is 257 Å². The van der Waals surface area contributed by atoms with E-state index in [1.165, 1.54) is 18.4 Å². The molecule has 4 rings (SSSR count). The SMILES string of the molecule is CC[N+](CCCS(=O)(=O)O)=c1ccc2c(/C=C/C=C3/N(CCOCCOCCOCCOCCC(=O)O)c4ccc(S(=O)(=O)O)cc4C3(C)CCCS(=O)(=O)O)ccoc-2c1. The molecule has 0 aromatic heterocycles. The second-order valence-electron chi connectivity index (χ2n) is 14.3. The molecule has 4 N–H and O–H groups in total. The standard InChI is InChI=1S/C40H54N2O16S3/c1-3-41(16-6-28-60(48,49)50)32-9-11-34-31(13-19-58-37(34)29-32)7-4-8-38-40(2,15-5-27-59(45,46)47)35-30-33(61(51,52)53)10-12-36(35)42(38)17-20-55-22-24-57-26-25-56-23-21-54-18-14-39(43)44/h4,7-13,19,29-30H,3,5-6,14-18,20-28H2,1-2H3,(H3-,43,44,45,46,47,48,49,50,51,52,53)/p+1. The molecule has 0 saturated heterocycles. The van der Waals surface area contributed by atoms with E-state index < -0.39 is 47.5 Å². The van der Waals surface area contributed by atoms with E-state index in [0.717, 1.165) is 16.5 Å². The lowest BCUT2D eigenvalue weighted by molar-refractivity contribution is -0.138. The second-order valence-corrected chi connectivity index (χ2v) is 18.9. The fourth-order valence-corrected chi connectivity index (χ4v) is 8.50. The summed E-state index contributed by atoms with van der Waals surface area (Å²) in [5.74, 6) is -1.24. The number of allylic oxidation sites excluding steroid dienone is 3. The first-order valence-electron chi connectivity index (χ1n) is 19.6. The molecule has 0 radical (unpaired) electrons. The molecule has 0 amide bonds. The summed E-state index contributed by atoms with van der Waals surface area (Å²) in [6, 6.07) is 11.7. The largest absolute Gasteiger partial charge is 0.481 e. The highest BCUT2D eigenvalue weighted by Crippen LogP contribution is 2.51. The molecule has 1 aromatic carbocycles. The van der Waals surface area contributed by atoms with Crippen LogP contribution in [0.15, 0.2) is 75.9 Å². The van der Waals surface area contributed by atoms with Crippen LogP contribution in [0.5, 0.6) is 0 Å². The maximum absolute atomic E-state index is 12.3. The Bertz CT molecular complexity index is 2380. The van der Waals surface area contributed by atoms with Gasteiger partial charge in [0.25, 0.3) is 30.4 Å². The highest BCUT2D eigenvalue weighted by atomic mass is 32.2. The molecule has 1 unspecified atom stereocenters. The fraction of sp³-hybridized carbons (Fsp3) is 0.500. The second kappa shape index (κ2) is 22.9. The Morgan fingerprint density at radius 2 is 1.44 bits per heavy atom. The van der Waals surface area contributed by atoms with Gasteiger partial charge >= 0.3 is 5.97 Å². The molecule has 0 bridgehead atoms. The smallest absolute Gasteiger partial charge is 0.305 e. The maximum Gasteiger partial charge on any atom is 0.305 e. The molecular formula is C40H55N2O16S3+. The molecule has 2 aliphatic heterocycles. The van der Waals surface area contributed by atoms with Crippen molar-refractivity contribution in [3.63, 3.8) is 0 Å². The third-order valence-electron chi connectivity index (χ3n) is 9.95. The van der Waals surface area contributed by atoms with Crippen molar-refractivity contribution in [3.05, 3.63) is 83.1 Å². The summed E-state index contributed by atoms with van der Waals surface area (Å²) in [4.78, 5) is 12.1. The van der Waals surface area contributed by atoms with Gasteiger partial charge in [-0.3, -0.25) is 18.5 Å². The van der Waals surface area contributed by atoms with E-state index in [2.05, 4.69) is 0 Å². The van der Waals surface area contributed by atoms with Gasteiger partial charge in [0, 0.05) is 41.4 Å². The molecular weight excluding hydrogens is 861 g/mol. The van der Waals surface area contributed by atoms with Crippen LogP contribution < -0.4 is 14.8 Å². The molecule has 1 aliphatic carbocycles. The molecule has 0 spiro atoms. The number of benzene rings is 2. The number of ether oxygens (including phenoxy) is 4. The van der Waals surface area contributed by atoms with E-state index in [4.69, 9.17) is 33.0 Å². The van der Waals surface area contributed by atoms with Crippen molar-refractivity contribution in [1.29, 1.82) is 0 Å². The van der Waals surface area contributed by atoms with Crippen LogP contribution in [0.2, 0.25) is 0 Å². The van der Waals surface area contributed by atoms with Gasteiger partial charge in [-0.05, 0) is 74.2 Å². The fourth-order valence-electron chi connectivity index (χ4n) is 6.99. The number of carboxylic acids is 1. The van der Waals surface area contributed by atoms with Gasteiger partial charge < -0.3 is 33.4 Å². The van der Waals surface area contributed by atoms with E-state index in [-0.39, 0.29) is 69.4 Å². The van der Waals surface area contributed by atoms with Crippen molar-refractivity contribution in [2.75, 3.05) is 88.9 Å². The number of carboxylic acid groups (broad SMARTS) is 1. The number of hydrogen-bond donors (Lipinski definition) is 4. The first kappa shape index (κ1) is 49.6. The van der Waals surface area contributed by atoms with Gasteiger partial charge in [0.05, 0.1) is 88.0 Å². The summed E-state index contributed by atoms with van der Waals surface area (Å²) in [5, 5.41) is 9.44. The molecule has 0 saturated carbocycles. The van der Waals surface area contributed by atoms with Gasteiger partial charge in [-0.25, -0.2) is 4.58 Å². The number of rotatable bonds is 27. The van der Waals surface area contributed by atoms with Crippen LogP contribution >= 0.6 is 0 Å². The molecule has 1 aromatic rings. The van der Waals surface area contributed by atoms with Crippen LogP contribution in [0.4, 0.5) is 5.69 Å². The Kier molecular flexibility index (Phi) is 18.6. The summed E-state index contributed by atoms with van der Waals surface area (Å²) in [7, 11) is -13.0.